The molecule has 5 nitrogen and oxygen atoms in total. The fraction of sp³-hybridized carbons (Fsp3) is 0.125. The zero-order valence-electron chi connectivity index (χ0n) is 7.56. The standard InChI is InChI=1S/C8H9BN2O3/c1-5-2-3-7-6(4-10-11-7)8(5)14-9(12)13/h2-4,12-13H,1H3,(H,10,11). The smallest absolute Gasteiger partial charge is 0.511 e. The summed E-state index contributed by atoms with van der Waals surface area (Å²) < 4.78 is 4.87. The van der Waals surface area contributed by atoms with Gasteiger partial charge in [0.15, 0.2) is 0 Å². The molecule has 3 N–H and O–H groups in total. The quantitative estimate of drug-likeness (QED) is 0.594. The first-order valence-electron chi connectivity index (χ1n) is 4.14. The molecule has 0 aliphatic rings. The number of aryl methyl sites for hydroxylation is 1. The zero-order chi connectivity index (χ0) is 10.1. The number of fused-ring (bicyclic) bond motifs is 1. The molecule has 0 fully saturated rings. The van der Waals surface area contributed by atoms with Crippen molar-refractivity contribution in [3.05, 3.63) is 23.9 Å². The predicted molar refractivity (Wildman–Crippen MR) is 51.7 cm³/mol. The number of nitrogens with zero attached hydrogens (tertiary/aromatic N) is 1. The van der Waals surface area contributed by atoms with Crippen molar-refractivity contribution in [1.82, 2.24) is 10.2 Å². The van der Waals surface area contributed by atoms with Crippen molar-refractivity contribution in [2.24, 2.45) is 0 Å². The average molecular weight is 192 g/mol. The van der Waals surface area contributed by atoms with Crippen LogP contribution in [0.2, 0.25) is 0 Å². The lowest BCUT2D eigenvalue weighted by molar-refractivity contribution is 0.289. The molecule has 1 heterocycles. The summed E-state index contributed by atoms with van der Waals surface area (Å²) in [6.07, 6.45) is 1.58. The van der Waals surface area contributed by atoms with E-state index in [9.17, 15) is 0 Å². The monoisotopic (exact) mass is 192 g/mol. The molecule has 0 bridgehead atoms. The molecule has 6 heteroatoms. The van der Waals surface area contributed by atoms with E-state index >= 15 is 0 Å². The summed E-state index contributed by atoms with van der Waals surface area (Å²) in [4.78, 5) is 0. The number of nitrogens with one attached hydrogen (secondary N) is 1. The van der Waals surface area contributed by atoms with Gasteiger partial charge in [-0.25, -0.2) is 0 Å². The van der Waals surface area contributed by atoms with Gasteiger partial charge in [-0.05, 0) is 18.6 Å². The maximum absolute atomic E-state index is 8.73. The Morgan fingerprint density at radius 2 is 2.21 bits per heavy atom. The molecule has 2 aromatic rings. The first-order valence-corrected chi connectivity index (χ1v) is 4.14. The van der Waals surface area contributed by atoms with E-state index in [1.54, 1.807) is 6.20 Å². The Morgan fingerprint density at radius 3 is 2.93 bits per heavy atom. The van der Waals surface area contributed by atoms with Crippen LogP contribution in [-0.2, 0) is 0 Å². The van der Waals surface area contributed by atoms with Gasteiger partial charge in [0.05, 0.1) is 17.1 Å². The largest absolute Gasteiger partial charge is 0.707 e. The molecule has 2 rings (SSSR count). The second-order valence-corrected chi connectivity index (χ2v) is 2.99. The average Bonchev–Trinajstić information content (AvgIpc) is 2.57. The Balaban J connectivity index is 2.58. The first-order chi connectivity index (χ1) is 6.68. The third-order valence-corrected chi connectivity index (χ3v) is 1.99. The minimum Gasteiger partial charge on any atom is -0.511 e. The SMILES string of the molecule is Cc1ccc2[nH]ncc2c1OB(O)O. The molecule has 0 unspecified atom stereocenters. The number of rotatable bonds is 2. The predicted octanol–water partition coefficient (Wildman–Crippen LogP) is 0.220. The van der Waals surface area contributed by atoms with Gasteiger partial charge in [0, 0.05) is 0 Å². The van der Waals surface area contributed by atoms with E-state index in [2.05, 4.69) is 10.2 Å². The van der Waals surface area contributed by atoms with E-state index < -0.39 is 7.32 Å². The van der Waals surface area contributed by atoms with Gasteiger partial charge >= 0.3 is 7.32 Å². The van der Waals surface area contributed by atoms with Crippen LogP contribution in [0, 0.1) is 6.92 Å². The number of aromatic nitrogens is 2. The third kappa shape index (κ3) is 1.45. The second kappa shape index (κ2) is 3.32. The molecule has 0 amide bonds. The summed E-state index contributed by atoms with van der Waals surface area (Å²) in [5, 5.41) is 24.8. The third-order valence-electron chi connectivity index (χ3n) is 1.99. The van der Waals surface area contributed by atoms with Crippen molar-refractivity contribution in [1.29, 1.82) is 0 Å². The normalized spacial score (nSPS) is 10.5. The molecule has 72 valence electrons. The van der Waals surface area contributed by atoms with Crippen LogP contribution in [0.5, 0.6) is 5.75 Å². The van der Waals surface area contributed by atoms with Gasteiger partial charge in [0.25, 0.3) is 0 Å². The number of hydrogen-bond donors (Lipinski definition) is 3. The maximum Gasteiger partial charge on any atom is 0.707 e. The van der Waals surface area contributed by atoms with Crippen LogP contribution in [0.4, 0.5) is 0 Å². The topological polar surface area (TPSA) is 78.4 Å². The summed E-state index contributed by atoms with van der Waals surface area (Å²) in [7, 11) is -1.81. The Hall–Kier alpha value is -1.53. The van der Waals surface area contributed by atoms with Crippen LogP contribution in [0.3, 0.4) is 0 Å². The van der Waals surface area contributed by atoms with Gasteiger partial charge in [0.2, 0.25) is 0 Å². The highest BCUT2D eigenvalue weighted by Gasteiger charge is 2.15. The molecule has 0 spiro atoms. The Labute approximate surface area is 80.5 Å². The van der Waals surface area contributed by atoms with Crippen LogP contribution in [0.1, 0.15) is 5.56 Å². The molecule has 0 atom stereocenters. The maximum atomic E-state index is 8.73. The van der Waals surface area contributed by atoms with Crippen LogP contribution in [0.25, 0.3) is 10.9 Å². The Bertz CT molecular complexity index is 455. The minimum absolute atomic E-state index is 0.436. The summed E-state index contributed by atoms with van der Waals surface area (Å²) in [6.45, 7) is 1.82. The fourth-order valence-electron chi connectivity index (χ4n) is 1.36. The van der Waals surface area contributed by atoms with Gasteiger partial charge in [-0.2, -0.15) is 5.10 Å². The molecule has 14 heavy (non-hydrogen) atoms. The van der Waals surface area contributed by atoms with E-state index in [1.165, 1.54) is 0 Å². The highest BCUT2D eigenvalue weighted by molar-refractivity contribution is 6.34. The van der Waals surface area contributed by atoms with Gasteiger partial charge in [-0.3, -0.25) is 5.10 Å². The lowest BCUT2D eigenvalue weighted by Gasteiger charge is -2.08. The first kappa shape index (κ1) is 9.05. The Morgan fingerprint density at radius 1 is 1.43 bits per heavy atom. The number of H-pyrrole nitrogens is 1. The summed E-state index contributed by atoms with van der Waals surface area (Å²) in [5.74, 6) is 0.436. The van der Waals surface area contributed by atoms with Gasteiger partial charge in [-0.15, -0.1) is 0 Å². The summed E-state index contributed by atoms with van der Waals surface area (Å²) in [5.41, 5.74) is 1.62. The van der Waals surface area contributed by atoms with Crippen molar-refractivity contribution in [2.45, 2.75) is 6.92 Å². The lowest BCUT2D eigenvalue weighted by Crippen LogP contribution is -2.21. The highest BCUT2D eigenvalue weighted by Crippen LogP contribution is 2.27. The van der Waals surface area contributed by atoms with Crippen LogP contribution < -0.4 is 4.65 Å². The number of aromatic amines is 1. The Kier molecular flexibility index (Phi) is 2.15. The van der Waals surface area contributed by atoms with Crippen molar-refractivity contribution in [2.75, 3.05) is 0 Å². The fourth-order valence-corrected chi connectivity index (χ4v) is 1.36. The summed E-state index contributed by atoms with van der Waals surface area (Å²) in [6, 6.07) is 3.67. The number of hydrogen-bond acceptors (Lipinski definition) is 4. The highest BCUT2D eigenvalue weighted by atomic mass is 16.6. The van der Waals surface area contributed by atoms with E-state index in [-0.39, 0.29) is 0 Å². The van der Waals surface area contributed by atoms with E-state index in [0.717, 1.165) is 16.5 Å². The molecule has 1 aromatic heterocycles. The molecule has 0 aliphatic carbocycles. The van der Waals surface area contributed by atoms with E-state index in [0.29, 0.717) is 5.75 Å². The van der Waals surface area contributed by atoms with E-state index in [4.69, 9.17) is 14.7 Å². The van der Waals surface area contributed by atoms with Crippen molar-refractivity contribution >= 4 is 18.2 Å². The van der Waals surface area contributed by atoms with E-state index in [1.807, 2.05) is 19.1 Å². The molecular weight excluding hydrogens is 183 g/mol. The molecular formula is C8H9BN2O3. The van der Waals surface area contributed by atoms with Gasteiger partial charge in [-0.1, -0.05) is 6.07 Å². The molecule has 0 aliphatic heterocycles. The van der Waals surface area contributed by atoms with Gasteiger partial charge < -0.3 is 14.7 Å². The lowest BCUT2D eigenvalue weighted by atomic mass is 10.1. The minimum atomic E-state index is -1.81. The van der Waals surface area contributed by atoms with Crippen molar-refractivity contribution in [3.8, 4) is 5.75 Å². The van der Waals surface area contributed by atoms with Crippen LogP contribution >= 0.6 is 0 Å². The van der Waals surface area contributed by atoms with Crippen molar-refractivity contribution in [3.63, 3.8) is 0 Å². The molecule has 0 saturated carbocycles. The summed E-state index contributed by atoms with van der Waals surface area (Å²) >= 11 is 0. The molecule has 0 saturated heterocycles. The zero-order valence-corrected chi connectivity index (χ0v) is 7.56. The van der Waals surface area contributed by atoms with Crippen LogP contribution in [-0.4, -0.2) is 27.6 Å². The number of benzene rings is 1. The van der Waals surface area contributed by atoms with Crippen molar-refractivity contribution < 1.29 is 14.7 Å². The second-order valence-electron chi connectivity index (χ2n) is 2.99. The molecule has 1 aromatic carbocycles. The van der Waals surface area contributed by atoms with Gasteiger partial charge in [0.1, 0.15) is 5.75 Å². The van der Waals surface area contributed by atoms with Crippen LogP contribution in [0.15, 0.2) is 18.3 Å². The molecule has 0 radical (unpaired) electrons.